The monoisotopic (exact) mass is 389 g/mol. The number of H-pyrrole nitrogens is 1. The molecule has 1 aromatic heterocycles. The second-order valence-corrected chi connectivity index (χ2v) is 8.40. The molecular formula is C14H20N3O8P. The zero-order valence-electron chi connectivity index (χ0n) is 14.4. The summed E-state index contributed by atoms with van der Waals surface area (Å²) in [5.74, 6) is -2.50. The van der Waals surface area contributed by atoms with E-state index in [1.807, 2.05) is 0 Å². The van der Waals surface area contributed by atoms with Crippen LogP contribution in [0.15, 0.2) is 4.79 Å². The smallest absolute Gasteiger partial charge is 0.363 e. The topological polar surface area (TPSA) is 143 Å². The molecule has 3 aliphatic rings. The van der Waals surface area contributed by atoms with Crippen LogP contribution in [0.1, 0.15) is 11.4 Å². The Morgan fingerprint density at radius 3 is 2.88 bits per heavy atom. The molecule has 4 heterocycles. The van der Waals surface area contributed by atoms with Gasteiger partial charge in [-0.05, 0) is 13.3 Å². The Labute approximate surface area is 148 Å². The number of aromatic amines is 1. The van der Waals surface area contributed by atoms with Crippen molar-refractivity contribution < 1.29 is 33.1 Å². The van der Waals surface area contributed by atoms with Crippen LogP contribution in [-0.4, -0.2) is 65.2 Å². The van der Waals surface area contributed by atoms with Crippen LogP contribution in [0.4, 0.5) is 5.82 Å². The molecule has 144 valence electrons. The number of aliphatic hydroxyl groups is 2. The normalized spacial score (nSPS) is 38.3. The molecule has 0 amide bonds. The van der Waals surface area contributed by atoms with Crippen LogP contribution in [0.3, 0.4) is 0 Å². The molecule has 4 rings (SSSR count). The number of hydrogen-bond acceptors (Lipinski definition) is 10. The van der Waals surface area contributed by atoms with E-state index < -0.39 is 38.0 Å². The first kappa shape index (κ1) is 18.1. The average Bonchev–Trinajstić information content (AvgIpc) is 2.58. The number of ether oxygens (including phenoxy) is 1. The molecule has 12 heteroatoms. The Bertz CT molecular complexity index is 842. The molecule has 0 spiro atoms. The largest absolute Gasteiger partial charge is 0.475 e. The molecule has 0 saturated carbocycles. The third kappa shape index (κ3) is 2.55. The highest BCUT2D eigenvalue weighted by Crippen LogP contribution is 2.57. The maximum atomic E-state index is 12.3. The van der Waals surface area contributed by atoms with E-state index in [1.54, 1.807) is 18.9 Å². The zero-order valence-corrected chi connectivity index (χ0v) is 15.3. The van der Waals surface area contributed by atoms with Gasteiger partial charge in [0.25, 0.3) is 5.56 Å². The van der Waals surface area contributed by atoms with Gasteiger partial charge in [-0.25, -0.2) is 9.55 Å². The summed E-state index contributed by atoms with van der Waals surface area (Å²) in [5.41, 5.74) is -0.0398. The molecule has 0 aliphatic carbocycles. The van der Waals surface area contributed by atoms with E-state index in [9.17, 15) is 19.6 Å². The summed E-state index contributed by atoms with van der Waals surface area (Å²) in [5, 5.41) is 21.7. The highest BCUT2D eigenvalue weighted by Gasteiger charge is 2.62. The van der Waals surface area contributed by atoms with Gasteiger partial charge in [-0.3, -0.25) is 18.4 Å². The summed E-state index contributed by atoms with van der Waals surface area (Å²) in [7, 11) is -1.11. The van der Waals surface area contributed by atoms with Crippen LogP contribution in [0.25, 0.3) is 0 Å². The Balaban J connectivity index is 1.75. The number of nitrogens with one attached hydrogen (secondary N) is 1. The van der Waals surface area contributed by atoms with Crippen LogP contribution in [0.5, 0.6) is 0 Å². The quantitative estimate of drug-likeness (QED) is 0.415. The zero-order chi connectivity index (χ0) is 18.9. The van der Waals surface area contributed by atoms with Crippen molar-refractivity contribution in [3.63, 3.8) is 0 Å². The third-order valence-electron chi connectivity index (χ3n) is 5.08. The van der Waals surface area contributed by atoms with Gasteiger partial charge < -0.3 is 24.8 Å². The van der Waals surface area contributed by atoms with Crippen LogP contribution >= 0.6 is 7.82 Å². The number of anilines is 1. The van der Waals surface area contributed by atoms with Crippen LogP contribution in [0, 0.1) is 12.8 Å². The summed E-state index contributed by atoms with van der Waals surface area (Å²) >= 11 is 0. The van der Waals surface area contributed by atoms with Gasteiger partial charge in [0.2, 0.25) is 5.79 Å². The second-order valence-electron chi connectivity index (χ2n) is 6.67. The van der Waals surface area contributed by atoms with Crippen LogP contribution in [-0.2, 0) is 29.3 Å². The summed E-state index contributed by atoms with van der Waals surface area (Å²) in [6, 6.07) is 0. The lowest BCUT2D eigenvalue weighted by atomic mass is 9.80. The van der Waals surface area contributed by atoms with Gasteiger partial charge >= 0.3 is 7.82 Å². The first-order valence-electron chi connectivity index (χ1n) is 8.08. The van der Waals surface area contributed by atoms with Crippen molar-refractivity contribution in [3.8, 4) is 0 Å². The fraction of sp³-hybridized carbons (Fsp3) is 0.714. The molecule has 2 fully saturated rings. The average molecular weight is 389 g/mol. The van der Waals surface area contributed by atoms with Gasteiger partial charge in [0.15, 0.2) is 6.10 Å². The Morgan fingerprint density at radius 1 is 1.46 bits per heavy atom. The predicted octanol–water partition coefficient (Wildman–Crippen LogP) is -0.737. The molecule has 2 saturated heterocycles. The first-order chi connectivity index (χ1) is 12.2. The van der Waals surface area contributed by atoms with E-state index in [0.29, 0.717) is 17.2 Å². The molecule has 1 unspecified atom stereocenters. The highest BCUT2D eigenvalue weighted by atomic mass is 31.2. The van der Waals surface area contributed by atoms with Crippen LogP contribution in [0.2, 0.25) is 0 Å². The highest BCUT2D eigenvalue weighted by molar-refractivity contribution is 7.48. The van der Waals surface area contributed by atoms with Gasteiger partial charge in [-0.2, -0.15) is 0 Å². The standard InChI is InChI=1S/C14H20N3O8P/c1-6-15-11-7(12(18)16-6)4-8-13(17(11)2)24-9-5-23-26(21,22-3)25-10(9)14(8,19)20/h8-10,13,19-20H,4-5H2,1-3H3,(H,15,16,18)/t8-,9-,10+,13-,26?/m1/s1. The van der Waals surface area contributed by atoms with Crippen molar-refractivity contribution in [1.82, 2.24) is 9.97 Å². The number of rotatable bonds is 1. The fourth-order valence-electron chi connectivity index (χ4n) is 3.77. The Morgan fingerprint density at radius 2 is 2.19 bits per heavy atom. The van der Waals surface area contributed by atoms with Gasteiger partial charge in [0, 0.05) is 14.2 Å². The number of phosphoric acid groups is 1. The van der Waals surface area contributed by atoms with Gasteiger partial charge in [0.05, 0.1) is 18.1 Å². The molecule has 3 N–H and O–H groups in total. The minimum atomic E-state index is -3.90. The van der Waals surface area contributed by atoms with Crippen molar-refractivity contribution in [2.45, 2.75) is 37.6 Å². The molecule has 3 aliphatic heterocycles. The van der Waals surface area contributed by atoms with E-state index in [1.165, 1.54) is 0 Å². The van der Waals surface area contributed by atoms with Crippen molar-refractivity contribution in [1.29, 1.82) is 0 Å². The van der Waals surface area contributed by atoms with Gasteiger partial charge in [0.1, 0.15) is 24.0 Å². The molecule has 11 nitrogen and oxygen atoms in total. The summed E-state index contributed by atoms with van der Waals surface area (Å²) in [4.78, 5) is 20.8. The molecule has 26 heavy (non-hydrogen) atoms. The first-order valence-corrected chi connectivity index (χ1v) is 9.54. The van der Waals surface area contributed by atoms with E-state index >= 15 is 0 Å². The van der Waals surface area contributed by atoms with Gasteiger partial charge in [-0.1, -0.05) is 0 Å². The SMILES string of the molecule is COP1(=O)OC[C@H]2O[C@@H]3[C@@H](Cc4c(nc(C)[nH]c4=O)N3C)C(O)(O)[C@H]2O1. The van der Waals surface area contributed by atoms with Crippen molar-refractivity contribution >= 4 is 13.6 Å². The predicted molar refractivity (Wildman–Crippen MR) is 86.5 cm³/mol. The molecule has 5 atom stereocenters. The molecular weight excluding hydrogens is 369 g/mol. The van der Waals surface area contributed by atoms with E-state index in [0.717, 1.165) is 7.11 Å². The number of hydrogen-bond donors (Lipinski definition) is 3. The lowest BCUT2D eigenvalue weighted by molar-refractivity contribution is -0.341. The van der Waals surface area contributed by atoms with Crippen molar-refractivity contribution in [2.24, 2.45) is 5.92 Å². The number of aryl methyl sites for hydroxylation is 1. The van der Waals surface area contributed by atoms with E-state index in [4.69, 9.17) is 18.3 Å². The van der Waals surface area contributed by atoms with Crippen LogP contribution < -0.4 is 10.5 Å². The van der Waals surface area contributed by atoms with E-state index in [2.05, 4.69) is 9.97 Å². The molecule has 1 aromatic rings. The minimum absolute atomic E-state index is 0.00464. The molecule has 0 radical (unpaired) electrons. The number of nitrogens with zero attached hydrogens (tertiary/aromatic N) is 2. The lowest BCUT2D eigenvalue weighted by Gasteiger charge is -2.54. The maximum Gasteiger partial charge on any atom is 0.475 e. The summed E-state index contributed by atoms with van der Waals surface area (Å²) in [6.45, 7) is 1.47. The third-order valence-corrected chi connectivity index (χ3v) is 6.47. The summed E-state index contributed by atoms with van der Waals surface area (Å²) < 4.78 is 33.2. The second kappa shape index (κ2) is 5.83. The molecule has 0 bridgehead atoms. The van der Waals surface area contributed by atoms with Crippen molar-refractivity contribution in [3.05, 3.63) is 21.7 Å². The maximum absolute atomic E-state index is 12.3. The summed E-state index contributed by atoms with van der Waals surface area (Å²) in [6.07, 6.45) is -3.00. The molecule has 0 aromatic carbocycles. The number of fused-ring (bicyclic) bond motifs is 3. The van der Waals surface area contributed by atoms with Gasteiger partial charge in [-0.15, -0.1) is 0 Å². The van der Waals surface area contributed by atoms with E-state index in [-0.39, 0.29) is 18.6 Å². The fourth-order valence-corrected chi connectivity index (χ4v) is 4.92. The Kier molecular flexibility index (Phi) is 4.05. The van der Waals surface area contributed by atoms with Crippen molar-refractivity contribution in [2.75, 3.05) is 25.7 Å². The minimum Gasteiger partial charge on any atom is -0.363 e. The lowest BCUT2D eigenvalue weighted by Crippen LogP contribution is -2.70. The Hall–Kier alpha value is -1.33. The number of aromatic nitrogens is 2. The number of phosphoric ester groups is 1.